The number of rotatable bonds is 5. The van der Waals surface area contributed by atoms with E-state index in [4.69, 9.17) is 0 Å². The van der Waals surface area contributed by atoms with E-state index < -0.39 is 0 Å². The summed E-state index contributed by atoms with van der Waals surface area (Å²) in [5.74, 6) is 0.707. The normalized spacial score (nSPS) is 15.9. The van der Waals surface area contributed by atoms with Gasteiger partial charge in [-0.3, -0.25) is 9.69 Å². The molecule has 5 heteroatoms. The Morgan fingerprint density at radius 2 is 1.96 bits per heavy atom. The molecule has 2 heterocycles. The minimum absolute atomic E-state index is 0.0691. The minimum atomic E-state index is 0.0691. The van der Waals surface area contributed by atoms with Gasteiger partial charge in [-0.25, -0.2) is 4.98 Å². The fraction of sp³-hybridized carbons (Fsp3) is 0.364. The van der Waals surface area contributed by atoms with Crippen molar-refractivity contribution in [2.45, 2.75) is 26.3 Å². The molecule has 0 bridgehead atoms. The van der Waals surface area contributed by atoms with Crippen LogP contribution < -0.4 is 5.32 Å². The topological polar surface area (TPSA) is 50.2 Å². The van der Waals surface area contributed by atoms with E-state index >= 15 is 0 Å². The highest BCUT2D eigenvalue weighted by Crippen LogP contribution is 2.21. The molecular formula is C22H26N4O. The number of aryl methyl sites for hydroxylation is 1. The van der Waals surface area contributed by atoms with Gasteiger partial charge in [0.25, 0.3) is 0 Å². The molecule has 140 valence electrons. The number of nitrogens with zero attached hydrogens (tertiary/aromatic N) is 3. The van der Waals surface area contributed by atoms with Gasteiger partial charge < -0.3 is 9.88 Å². The van der Waals surface area contributed by atoms with Crippen LogP contribution in [-0.2, 0) is 11.3 Å². The van der Waals surface area contributed by atoms with E-state index in [1.54, 1.807) is 0 Å². The average molecular weight is 362 g/mol. The number of anilines is 1. The van der Waals surface area contributed by atoms with Crippen LogP contribution in [0.25, 0.3) is 11.0 Å². The molecule has 27 heavy (non-hydrogen) atoms. The second kappa shape index (κ2) is 7.92. The van der Waals surface area contributed by atoms with E-state index in [9.17, 15) is 4.79 Å². The highest BCUT2D eigenvalue weighted by Gasteiger charge is 2.21. The Morgan fingerprint density at radius 1 is 1.15 bits per heavy atom. The third-order valence-electron chi connectivity index (χ3n) is 5.36. The number of para-hydroxylation sites is 2. The first-order chi connectivity index (χ1) is 13.2. The molecule has 1 N–H and O–H groups in total. The van der Waals surface area contributed by atoms with E-state index in [-0.39, 0.29) is 5.91 Å². The van der Waals surface area contributed by atoms with Crippen molar-refractivity contribution in [3.05, 3.63) is 60.4 Å². The zero-order valence-corrected chi connectivity index (χ0v) is 15.8. The monoisotopic (exact) mass is 362 g/mol. The molecular weight excluding hydrogens is 336 g/mol. The van der Waals surface area contributed by atoms with Crippen molar-refractivity contribution < 1.29 is 4.79 Å². The SMILES string of the molecule is Cc1cccc(NC(=O)CN2CCC(Cn3cnc4ccccc43)CC2)c1. The first-order valence-corrected chi connectivity index (χ1v) is 9.66. The molecule has 3 aromatic rings. The Morgan fingerprint density at radius 3 is 2.78 bits per heavy atom. The quantitative estimate of drug-likeness (QED) is 0.753. The number of nitrogens with one attached hydrogen (secondary N) is 1. The van der Waals surface area contributed by atoms with E-state index in [1.165, 1.54) is 5.52 Å². The number of piperidine rings is 1. The van der Waals surface area contributed by atoms with Gasteiger partial charge >= 0.3 is 0 Å². The lowest BCUT2D eigenvalue weighted by Gasteiger charge is -2.31. The van der Waals surface area contributed by atoms with Crippen LogP contribution >= 0.6 is 0 Å². The summed E-state index contributed by atoms with van der Waals surface area (Å²) in [6.45, 7) is 5.44. The summed E-state index contributed by atoms with van der Waals surface area (Å²) in [4.78, 5) is 19.1. The number of likely N-dealkylation sites (tertiary alicyclic amines) is 1. The largest absolute Gasteiger partial charge is 0.330 e. The van der Waals surface area contributed by atoms with Gasteiger partial charge in [0.2, 0.25) is 5.91 Å². The van der Waals surface area contributed by atoms with Crippen LogP contribution in [0, 0.1) is 12.8 Å². The van der Waals surface area contributed by atoms with Gasteiger partial charge in [0.15, 0.2) is 0 Å². The molecule has 0 spiro atoms. The van der Waals surface area contributed by atoms with Crippen LogP contribution in [0.1, 0.15) is 18.4 Å². The van der Waals surface area contributed by atoms with Crippen molar-refractivity contribution in [1.29, 1.82) is 0 Å². The molecule has 1 amide bonds. The number of fused-ring (bicyclic) bond motifs is 1. The molecule has 4 rings (SSSR count). The number of amides is 1. The number of carbonyl (C=O) groups excluding carboxylic acids is 1. The molecule has 0 unspecified atom stereocenters. The van der Waals surface area contributed by atoms with Crippen molar-refractivity contribution in [1.82, 2.24) is 14.5 Å². The summed E-state index contributed by atoms with van der Waals surface area (Å²) in [5.41, 5.74) is 4.29. The number of carbonyl (C=O) groups is 1. The van der Waals surface area contributed by atoms with Crippen LogP contribution in [0.4, 0.5) is 5.69 Å². The summed E-state index contributed by atoms with van der Waals surface area (Å²) in [6.07, 6.45) is 4.18. The Balaban J connectivity index is 1.27. The Bertz CT molecular complexity index is 925. The third-order valence-corrected chi connectivity index (χ3v) is 5.36. The maximum atomic E-state index is 12.3. The third kappa shape index (κ3) is 4.37. The molecule has 2 aromatic carbocycles. The first-order valence-electron chi connectivity index (χ1n) is 9.66. The summed E-state index contributed by atoms with van der Waals surface area (Å²) >= 11 is 0. The second-order valence-electron chi connectivity index (χ2n) is 7.52. The van der Waals surface area contributed by atoms with Gasteiger partial charge in [0, 0.05) is 12.2 Å². The van der Waals surface area contributed by atoms with Crippen LogP contribution in [0.3, 0.4) is 0 Å². The van der Waals surface area contributed by atoms with Gasteiger partial charge in [-0.2, -0.15) is 0 Å². The molecule has 1 aliphatic heterocycles. The molecule has 1 aliphatic rings. The van der Waals surface area contributed by atoms with Crippen LogP contribution in [0.2, 0.25) is 0 Å². The predicted molar refractivity (Wildman–Crippen MR) is 109 cm³/mol. The number of aromatic nitrogens is 2. The smallest absolute Gasteiger partial charge is 0.238 e. The molecule has 5 nitrogen and oxygen atoms in total. The fourth-order valence-corrected chi connectivity index (χ4v) is 3.89. The Hall–Kier alpha value is -2.66. The summed E-state index contributed by atoms with van der Waals surface area (Å²) < 4.78 is 2.26. The number of benzene rings is 2. The van der Waals surface area contributed by atoms with Crippen molar-refractivity contribution in [2.75, 3.05) is 25.0 Å². The lowest BCUT2D eigenvalue weighted by molar-refractivity contribution is -0.117. The lowest BCUT2D eigenvalue weighted by Crippen LogP contribution is -2.39. The highest BCUT2D eigenvalue weighted by atomic mass is 16.2. The average Bonchev–Trinajstić information content (AvgIpc) is 3.06. The zero-order valence-electron chi connectivity index (χ0n) is 15.8. The molecule has 0 atom stereocenters. The Kier molecular flexibility index (Phi) is 5.21. The predicted octanol–water partition coefficient (Wildman–Crippen LogP) is 3.70. The van der Waals surface area contributed by atoms with Crippen molar-refractivity contribution in [2.24, 2.45) is 5.92 Å². The number of hydrogen-bond donors (Lipinski definition) is 1. The standard InChI is InChI=1S/C22H26N4O/c1-17-5-4-6-19(13-17)24-22(27)15-25-11-9-18(10-12-25)14-26-16-23-20-7-2-3-8-21(20)26/h2-8,13,16,18H,9-12,14-15H2,1H3,(H,24,27). The fourth-order valence-electron chi connectivity index (χ4n) is 3.89. The molecule has 1 saturated heterocycles. The summed E-state index contributed by atoms with van der Waals surface area (Å²) in [6, 6.07) is 16.2. The lowest BCUT2D eigenvalue weighted by atomic mass is 9.96. The zero-order chi connectivity index (χ0) is 18.6. The summed E-state index contributed by atoms with van der Waals surface area (Å²) in [5, 5.41) is 3.00. The van der Waals surface area contributed by atoms with Crippen molar-refractivity contribution in [3.8, 4) is 0 Å². The van der Waals surface area contributed by atoms with E-state index in [2.05, 4.69) is 38.0 Å². The highest BCUT2D eigenvalue weighted by molar-refractivity contribution is 5.92. The molecule has 1 fully saturated rings. The maximum absolute atomic E-state index is 12.3. The maximum Gasteiger partial charge on any atom is 0.238 e. The van der Waals surface area contributed by atoms with Crippen molar-refractivity contribution in [3.63, 3.8) is 0 Å². The van der Waals surface area contributed by atoms with Crippen LogP contribution in [0.5, 0.6) is 0 Å². The molecule has 0 saturated carbocycles. The van der Waals surface area contributed by atoms with E-state index in [1.807, 2.05) is 43.6 Å². The van der Waals surface area contributed by atoms with Gasteiger partial charge in [0.1, 0.15) is 0 Å². The van der Waals surface area contributed by atoms with Gasteiger partial charge in [0.05, 0.1) is 23.9 Å². The molecule has 0 aliphatic carbocycles. The number of hydrogen-bond acceptors (Lipinski definition) is 3. The molecule has 1 aromatic heterocycles. The van der Waals surface area contributed by atoms with E-state index in [0.717, 1.165) is 49.2 Å². The Labute approximate surface area is 160 Å². The van der Waals surface area contributed by atoms with E-state index in [0.29, 0.717) is 12.5 Å². The first kappa shape index (κ1) is 17.7. The van der Waals surface area contributed by atoms with Gasteiger partial charge in [-0.1, -0.05) is 24.3 Å². The van der Waals surface area contributed by atoms with Gasteiger partial charge in [-0.05, 0) is 68.6 Å². The molecule has 0 radical (unpaired) electrons. The minimum Gasteiger partial charge on any atom is -0.330 e. The number of imidazole rings is 1. The van der Waals surface area contributed by atoms with Gasteiger partial charge in [-0.15, -0.1) is 0 Å². The summed E-state index contributed by atoms with van der Waals surface area (Å²) in [7, 11) is 0. The van der Waals surface area contributed by atoms with Crippen molar-refractivity contribution >= 4 is 22.6 Å². The van der Waals surface area contributed by atoms with Crippen LogP contribution in [0.15, 0.2) is 54.9 Å². The second-order valence-corrected chi connectivity index (χ2v) is 7.52. The van der Waals surface area contributed by atoms with Crippen LogP contribution in [-0.4, -0.2) is 40.0 Å².